The number of aromatic nitrogens is 3. The highest BCUT2D eigenvalue weighted by atomic mass is 19.4. The molecule has 0 aliphatic heterocycles. The summed E-state index contributed by atoms with van der Waals surface area (Å²) < 4.78 is 38.5. The third-order valence-electron chi connectivity index (χ3n) is 2.64. The Kier molecular flexibility index (Phi) is 4.08. The first kappa shape index (κ1) is 14.5. The van der Waals surface area contributed by atoms with E-state index in [1.807, 2.05) is 19.9 Å². The maximum atomic E-state index is 12.5. The Morgan fingerprint density at radius 1 is 1.25 bits per heavy atom. The SMILES string of the molecule is CC(C)NCc1ccc(-n2ccc(C(F)(F)F)n2)nc1. The molecule has 1 N–H and O–H groups in total. The third kappa shape index (κ3) is 3.57. The second-order valence-corrected chi connectivity index (χ2v) is 4.70. The molecule has 0 aliphatic rings. The van der Waals surface area contributed by atoms with Crippen LogP contribution in [-0.2, 0) is 12.7 Å². The van der Waals surface area contributed by atoms with E-state index in [1.165, 1.54) is 6.20 Å². The maximum absolute atomic E-state index is 12.5. The minimum atomic E-state index is -4.44. The van der Waals surface area contributed by atoms with Gasteiger partial charge in [-0.05, 0) is 17.7 Å². The summed E-state index contributed by atoms with van der Waals surface area (Å²) in [5, 5.41) is 6.70. The molecule has 4 nitrogen and oxygen atoms in total. The molecular weight excluding hydrogens is 269 g/mol. The van der Waals surface area contributed by atoms with E-state index in [0.717, 1.165) is 16.3 Å². The summed E-state index contributed by atoms with van der Waals surface area (Å²) in [5.74, 6) is 0.355. The first-order valence-corrected chi connectivity index (χ1v) is 6.18. The fourth-order valence-electron chi connectivity index (χ4n) is 1.58. The summed E-state index contributed by atoms with van der Waals surface area (Å²) in [7, 11) is 0. The van der Waals surface area contributed by atoms with Crippen molar-refractivity contribution in [1.82, 2.24) is 20.1 Å². The molecule has 2 aromatic heterocycles. The smallest absolute Gasteiger partial charge is 0.310 e. The molecule has 0 radical (unpaired) electrons. The predicted octanol–water partition coefficient (Wildman–Crippen LogP) is 2.78. The lowest BCUT2D eigenvalue weighted by Gasteiger charge is -2.08. The fourth-order valence-corrected chi connectivity index (χ4v) is 1.58. The van der Waals surface area contributed by atoms with Crippen molar-refractivity contribution in [2.75, 3.05) is 0 Å². The van der Waals surface area contributed by atoms with Crippen molar-refractivity contribution >= 4 is 0 Å². The van der Waals surface area contributed by atoms with E-state index in [9.17, 15) is 13.2 Å². The zero-order chi connectivity index (χ0) is 14.8. The van der Waals surface area contributed by atoms with Gasteiger partial charge < -0.3 is 5.32 Å². The molecule has 0 aromatic carbocycles. The summed E-state index contributed by atoms with van der Waals surface area (Å²) >= 11 is 0. The second kappa shape index (κ2) is 5.62. The Labute approximate surface area is 114 Å². The van der Waals surface area contributed by atoms with Crippen LogP contribution in [0.5, 0.6) is 0 Å². The molecule has 0 unspecified atom stereocenters. The molecule has 2 aromatic rings. The first-order valence-electron chi connectivity index (χ1n) is 6.18. The molecule has 0 amide bonds. The largest absolute Gasteiger partial charge is 0.435 e. The monoisotopic (exact) mass is 284 g/mol. The standard InChI is InChI=1S/C13H15F3N4/c1-9(2)17-7-10-3-4-12(18-8-10)20-6-5-11(19-20)13(14,15)16/h3-6,8-9,17H,7H2,1-2H3. The van der Waals surface area contributed by atoms with Crippen LogP contribution >= 0.6 is 0 Å². The Morgan fingerprint density at radius 3 is 2.50 bits per heavy atom. The molecule has 7 heteroatoms. The Balaban J connectivity index is 2.12. The van der Waals surface area contributed by atoms with Crippen LogP contribution in [0.3, 0.4) is 0 Å². The summed E-state index contributed by atoms with van der Waals surface area (Å²) in [6.45, 7) is 4.73. The maximum Gasteiger partial charge on any atom is 0.435 e. The first-order chi connectivity index (χ1) is 9.36. The number of pyridine rings is 1. The normalized spacial score (nSPS) is 12.1. The van der Waals surface area contributed by atoms with E-state index in [1.54, 1.807) is 12.3 Å². The lowest BCUT2D eigenvalue weighted by atomic mass is 10.2. The lowest BCUT2D eigenvalue weighted by molar-refractivity contribution is -0.141. The van der Waals surface area contributed by atoms with Crippen LogP contribution in [0.2, 0.25) is 0 Å². The summed E-state index contributed by atoms with van der Waals surface area (Å²) in [6, 6.07) is 4.74. The summed E-state index contributed by atoms with van der Waals surface area (Å²) in [4.78, 5) is 4.12. The van der Waals surface area contributed by atoms with Crippen LogP contribution in [0.25, 0.3) is 5.82 Å². The number of hydrogen-bond acceptors (Lipinski definition) is 3. The quantitative estimate of drug-likeness (QED) is 0.938. The summed E-state index contributed by atoms with van der Waals surface area (Å²) in [5.41, 5.74) is 0.0375. The second-order valence-electron chi connectivity index (χ2n) is 4.70. The van der Waals surface area contributed by atoms with Gasteiger partial charge >= 0.3 is 6.18 Å². The van der Waals surface area contributed by atoms with Gasteiger partial charge in [-0.2, -0.15) is 18.3 Å². The van der Waals surface area contributed by atoms with Crippen LogP contribution in [0.1, 0.15) is 25.1 Å². The number of nitrogens with one attached hydrogen (secondary N) is 1. The van der Waals surface area contributed by atoms with Gasteiger partial charge in [0.1, 0.15) is 0 Å². The van der Waals surface area contributed by atoms with Gasteiger partial charge in [0.05, 0.1) is 0 Å². The number of nitrogens with zero attached hydrogens (tertiary/aromatic N) is 3. The molecule has 0 bridgehead atoms. The van der Waals surface area contributed by atoms with Gasteiger partial charge in [-0.3, -0.25) is 0 Å². The van der Waals surface area contributed by atoms with E-state index in [-0.39, 0.29) is 0 Å². The molecule has 2 rings (SSSR count). The highest BCUT2D eigenvalue weighted by Gasteiger charge is 2.33. The van der Waals surface area contributed by atoms with Gasteiger partial charge in [0.2, 0.25) is 0 Å². The molecule has 0 aliphatic carbocycles. The van der Waals surface area contributed by atoms with Crippen LogP contribution in [0.4, 0.5) is 13.2 Å². The number of halogens is 3. The number of hydrogen-bond donors (Lipinski definition) is 1. The lowest BCUT2D eigenvalue weighted by Crippen LogP contribution is -2.21. The minimum absolute atomic E-state index is 0.355. The molecule has 2 heterocycles. The van der Waals surface area contributed by atoms with Crippen LogP contribution < -0.4 is 5.32 Å². The van der Waals surface area contributed by atoms with E-state index in [2.05, 4.69) is 15.4 Å². The topological polar surface area (TPSA) is 42.7 Å². The van der Waals surface area contributed by atoms with Gasteiger partial charge in [-0.25, -0.2) is 9.67 Å². The van der Waals surface area contributed by atoms with Crippen molar-refractivity contribution in [3.8, 4) is 5.82 Å². The molecule has 0 spiro atoms. The third-order valence-corrected chi connectivity index (χ3v) is 2.64. The van der Waals surface area contributed by atoms with Gasteiger partial charge in [0, 0.05) is 25.0 Å². The Bertz CT molecular complexity index is 558. The predicted molar refractivity (Wildman–Crippen MR) is 68.3 cm³/mol. The average molecular weight is 284 g/mol. The molecule has 0 fully saturated rings. The molecule has 0 saturated carbocycles. The van der Waals surface area contributed by atoms with Gasteiger partial charge in [0.25, 0.3) is 0 Å². The summed E-state index contributed by atoms with van der Waals surface area (Å²) in [6.07, 6.45) is -1.57. The molecule has 108 valence electrons. The molecule has 0 atom stereocenters. The fraction of sp³-hybridized carbons (Fsp3) is 0.385. The molecule has 20 heavy (non-hydrogen) atoms. The highest BCUT2D eigenvalue weighted by Crippen LogP contribution is 2.27. The van der Waals surface area contributed by atoms with Crippen LogP contribution in [0, 0.1) is 0 Å². The van der Waals surface area contributed by atoms with Gasteiger partial charge in [-0.15, -0.1) is 0 Å². The van der Waals surface area contributed by atoms with Crippen molar-refractivity contribution in [3.05, 3.63) is 41.9 Å². The number of alkyl halides is 3. The Hall–Kier alpha value is -1.89. The van der Waals surface area contributed by atoms with Crippen molar-refractivity contribution in [2.24, 2.45) is 0 Å². The van der Waals surface area contributed by atoms with Gasteiger partial charge in [-0.1, -0.05) is 19.9 Å². The van der Waals surface area contributed by atoms with Crippen molar-refractivity contribution in [2.45, 2.75) is 32.6 Å². The zero-order valence-corrected chi connectivity index (χ0v) is 11.1. The van der Waals surface area contributed by atoms with E-state index in [4.69, 9.17) is 0 Å². The van der Waals surface area contributed by atoms with Crippen LogP contribution in [-0.4, -0.2) is 20.8 Å². The Morgan fingerprint density at radius 2 is 2.00 bits per heavy atom. The van der Waals surface area contributed by atoms with E-state index in [0.29, 0.717) is 18.4 Å². The van der Waals surface area contributed by atoms with E-state index >= 15 is 0 Å². The molecular formula is C13H15F3N4. The van der Waals surface area contributed by atoms with E-state index < -0.39 is 11.9 Å². The average Bonchev–Trinajstić information content (AvgIpc) is 2.86. The zero-order valence-electron chi connectivity index (χ0n) is 11.1. The van der Waals surface area contributed by atoms with Crippen molar-refractivity contribution in [3.63, 3.8) is 0 Å². The van der Waals surface area contributed by atoms with Crippen LogP contribution in [0.15, 0.2) is 30.6 Å². The van der Waals surface area contributed by atoms with Crippen molar-refractivity contribution < 1.29 is 13.2 Å². The highest BCUT2D eigenvalue weighted by molar-refractivity contribution is 5.25. The van der Waals surface area contributed by atoms with Gasteiger partial charge in [0.15, 0.2) is 11.5 Å². The van der Waals surface area contributed by atoms with Crippen molar-refractivity contribution in [1.29, 1.82) is 0 Å². The number of rotatable bonds is 4. The molecule has 0 saturated heterocycles. The minimum Gasteiger partial charge on any atom is -0.310 e.